The zero-order valence-electron chi connectivity index (χ0n) is 10.4. The highest BCUT2D eigenvalue weighted by Gasteiger charge is 2.26. The van der Waals surface area contributed by atoms with E-state index in [-0.39, 0.29) is 0 Å². The van der Waals surface area contributed by atoms with Crippen LogP contribution >= 0.6 is 0 Å². The normalized spacial score (nSPS) is 24.0. The Hall–Kier alpha value is -1.49. The van der Waals surface area contributed by atoms with Crippen molar-refractivity contribution < 1.29 is 4.74 Å². The van der Waals surface area contributed by atoms with Crippen LogP contribution in [-0.2, 0) is 0 Å². The van der Waals surface area contributed by atoms with E-state index in [0.717, 1.165) is 5.75 Å². The smallest absolute Gasteiger partial charge is 0.119 e. The van der Waals surface area contributed by atoms with Crippen LogP contribution in [0.2, 0.25) is 0 Å². The van der Waals surface area contributed by atoms with Gasteiger partial charge in [-0.1, -0.05) is 25.0 Å². The first-order valence-corrected chi connectivity index (χ1v) is 6.36. The van der Waals surface area contributed by atoms with Crippen LogP contribution in [-0.4, -0.2) is 7.11 Å². The largest absolute Gasteiger partial charge is 0.497 e. The number of methoxy groups -OCH3 is 1. The fourth-order valence-electron chi connectivity index (χ4n) is 2.88. The molecule has 0 heterocycles. The van der Waals surface area contributed by atoms with Crippen molar-refractivity contribution in [3.63, 3.8) is 0 Å². The second-order valence-electron chi connectivity index (χ2n) is 4.79. The van der Waals surface area contributed by atoms with Gasteiger partial charge in [-0.15, -0.1) is 0 Å². The summed E-state index contributed by atoms with van der Waals surface area (Å²) in [5, 5.41) is 8.91. The van der Waals surface area contributed by atoms with Gasteiger partial charge in [-0.3, -0.25) is 0 Å². The van der Waals surface area contributed by atoms with E-state index in [4.69, 9.17) is 10.00 Å². The summed E-state index contributed by atoms with van der Waals surface area (Å²) in [5.74, 6) is 1.99. The van der Waals surface area contributed by atoms with Crippen molar-refractivity contribution in [1.29, 1.82) is 5.26 Å². The Morgan fingerprint density at radius 2 is 2.18 bits per heavy atom. The second-order valence-corrected chi connectivity index (χ2v) is 4.79. The highest BCUT2D eigenvalue weighted by molar-refractivity contribution is 5.31. The Labute approximate surface area is 103 Å². The van der Waals surface area contributed by atoms with E-state index in [2.05, 4.69) is 18.2 Å². The number of nitriles is 1. The number of hydrogen-bond acceptors (Lipinski definition) is 2. The molecule has 2 nitrogen and oxygen atoms in total. The van der Waals surface area contributed by atoms with Gasteiger partial charge in [0.15, 0.2) is 0 Å². The van der Waals surface area contributed by atoms with E-state index in [1.54, 1.807) is 7.11 Å². The summed E-state index contributed by atoms with van der Waals surface area (Å²) in [6.07, 6.45) is 5.63. The van der Waals surface area contributed by atoms with Crippen LogP contribution in [0.5, 0.6) is 5.75 Å². The molecule has 2 rings (SSSR count). The zero-order valence-corrected chi connectivity index (χ0v) is 10.4. The maximum atomic E-state index is 8.91. The molecule has 17 heavy (non-hydrogen) atoms. The molecule has 0 amide bonds. The molecule has 0 N–H and O–H groups in total. The molecule has 0 aliphatic heterocycles. The number of hydrogen-bond donors (Lipinski definition) is 0. The summed E-state index contributed by atoms with van der Waals surface area (Å²) in [6, 6.07) is 10.7. The Bertz CT molecular complexity index is 408. The molecule has 0 spiro atoms. The molecule has 1 aromatic rings. The van der Waals surface area contributed by atoms with Crippen molar-refractivity contribution in [3.8, 4) is 11.8 Å². The van der Waals surface area contributed by atoms with Crippen molar-refractivity contribution >= 4 is 0 Å². The fraction of sp³-hybridized carbons (Fsp3) is 0.533. The molecular formula is C15H19NO. The summed E-state index contributed by atoms with van der Waals surface area (Å²) in [6.45, 7) is 0. The van der Waals surface area contributed by atoms with Crippen molar-refractivity contribution in [2.45, 2.75) is 38.0 Å². The van der Waals surface area contributed by atoms with Crippen LogP contribution in [0.1, 0.15) is 43.6 Å². The van der Waals surface area contributed by atoms with Gasteiger partial charge in [0.05, 0.1) is 13.2 Å². The topological polar surface area (TPSA) is 33.0 Å². The SMILES string of the molecule is COc1cccc(C2CCCCC2CC#N)c1. The predicted octanol–water partition coefficient (Wildman–Crippen LogP) is 3.88. The van der Waals surface area contributed by atoms with E-state index in [1.807, 2.05) is 12.1 Å². The number of benzene rings is 1. The standard InChI is InChI=1S/C15H19NO/c1-17-14-7-4-6-13(11-14)15-8-3-2-5-12(15)9-10-16/h4,6-7,11-12,15H,2-3,5,8-9H2,1H3. The maximum Gasteiger partial charge on any atom is 0.119 e. The van der Waals surface area contributed by atoms with Gasteiger partial charge in [-0.2, -0.15) is 5.26 Å². The first-order chi connectivity index (χ1) is 8.35. The van der Waals surface area contributed by atoms with E-state index in [9.17, 15) is 0 Å². The third-order valence-corrected chi connectivity index (χ3v) is 3.78. The maximum absolute atomic E-state index is 8.91. The molecule has 1 fully saturated rings. The minimum Gasteiger partial charge on any atom is -0.497 e. The molecule has 2 heteroatoms. The van der Waals surface area contributed by atoms with E-state index in [0.29, 0.717) is 18.3 Å². The molecule has 1 aromatic carbocycles. The summed E-state index contributed by atoms with van der Waals surface area (Å²) in [5.41, 5.74) is 1.34. The van der Waals surface area contributed by atoms with Crippen LogP contribution in [0.15, 0.2) is 24.3 Å². The molecule has 0 radical (unpaired) electrons. The van der Waals surface area contributed by atoms with Gasteiger partial charge in [-0.25, -0.2) is 0 Å². The van der Waals surface area contributed by atoms with Crippen molar-refractivity contribution in [2.75, 3.05) is 7.11 Å². The molecule has 2 atom stereocenters. The van der Waals surface area contributed by atoms with Gasteiger partial charge in [0.1, 0.15) is 5.75 Å². The van der Waals surface area contributed by atoms with Crippen LogP contribution in [0.25, 0.3) is 0 Å². The number of ether oxygens (including phenoxy) is 1. The Balaban J connectivity index is 2.20. The molecule has 2 unspecified atom stereocenters. The third-order valence-electron chi connectivity index (χ3n) is 3.78. The lowest BCUT2D eigenvalue weighted by atomic mass is 9.74. The first kappa shape index (κ1) is 12.0. The Morgan fingerprint density at radius 1 is 1.35 bits per heavy atom. The predicted molar refractivity (Wildman–Crippen MR) is 67.9 cm³/mol. The summed E-state index contributed by atoms with van der Waals surface area (Å²) in [4.78, 5) is 0. The van der Waals surface area contributed by atoms with Crippen molar-refractivity contribution in [1.82, 2.24) is 0 Å². The zero-order chi connectivity index (χ0) is 12.1. The molecule has 0 aromatic heterocycles. The molecule has 0 saturated heterocycles. The van der Waals surface area contributed by atoms with Gasteiger partial charge >= 0.3 is 0 Å². The van der Waals surface area contributed by atoms with Crippen molar-refractivity contribution in [3.05, 3.63) is 29.8 Å². The minimum atomic E-state index is 0.529. The Kier molecular flexibility index (Phi) is 4.03. The highest BCUT2D eigenvalue weighted by Crippen LogP contribution is 2.40. The Morgan fingerprint density at radius 3 is 2.94 bits per heavy atom. The highest BCUT2D eigenvalue weighted by atomic mass is 16.5. The average Bonchev–Trinajstić information content (AvgIpc) is 2.40. The summed E-state index contributed by atoms with van der Waals surface area (Å²) in [7, 11) is 1.70. The lowest BCUT2D eigenvalue weighted by Crippen LogP contribution is -2.17. The molecular weight excluding hydrogens is 210 g/mol. The number of rotatable bonds is 3. The van der Waals surface area contributed by atoms with Gasteiger partial charge in [0.25, 0.3) is 0 Å². The van der Waals surface area contributed by atoms with E-state index >= 15 is 0 Å². The van der Waals surface area contributed by atoms with Crippen LogP contribution in [0.3, 0.4) is 0 Å². The minimum absolute atomic E-state index is 0.529. The van der Waals surface area contributed by atoms with Gasteiger partial charge in [0, 0.05) is 6.42 Å². The molecule has 1 aliphatic rings. The first-order valence-electron chi connectivity index (χ1n) is 6.36. The molecule has 1 saturated carbocycles. The van der Waals surface area contributed by atoms with Gasteiger partial charge in [0.2, 0.25) is 0 Å². The quantitative estimate of drug-likeness (QED) is 0.788. The fourth-order valence-corrected chi connectivity index (χ4v) is 2.88. The van der Waals surface area contributed by atoms with Gasteiger partial charge in [-0.05, 0) is 42.4 Å². The molecule has 90 valence electrons. The lowest BCUT2D eigenvalue weighted by Gasteiger charge is -2.30. The second kappa shape index (κ2) is 5.72. The average molecular weight is 229 g/mol. The van der Waals surface area contributed by atoms with Gasteiger partial charge < -0.3 is 4.74 Å². The lowest BCUT2D eigenvalue weighted by molar-refractivity contribution is 0.311. The third kappa shape index (κ3) is 2.79. The van der Waals surface area contributed by atoms with Crippen LogP contribution in [0, 0.1) is 17.2 Å². The van der Waals surface area contributed by atoms with E-state index < -0.39 is 0 Å². The summed E-state index contributed by atoms with van der Waals surface area (Å²) < 4.78 is 5.28. The van der Waals surface area contributed by atoms with Crippen LogP contribution < -0.4 is 4.74 Å². The molecule has 0 bridgehead atoms. The van der Waals surface area contributed by atoms with Crippen molar-refractivity contribution in [2.24, 2.45) is 5.92 Å². The summed E-state index contributed by atoms with van der Waals surface area (Å²) >= 11 is 0. The number of nitrogens with zero attached hydrogens (tertiary/aromatic N) is 1. The van der Waals surface area contributed by atoms with E-state index in [1.165, 1.54) is 31.2 Å². The monoisotopic (exact) mass is 229 g/mol. The van der Waals surface area contributed by atoms with Crippen LogP contribution in [0.4, 0.5) is 0 Å². The molecule has 1 aliphatic carbocycles.